The van der Waals surface area contributed by atoms with Crippen LogP contribution in [0.4, 0.5) is 10.5 Å². The Bertz CT molecular complexity index is 1120. The molecule has 1 aliphatic rings. The average Bonchev–Trinajstić information content (AvgIpc) is 3.04. The Morgan fingerprint density at radius 3 is 2.53 bits per heavy atom. The Hall–Kier alpha value is -2.98. The van der Waals surface area contributed by atoms with Gasteiger partial charge in [-0.2, -0.15) is 0 Å². The van der Waals surface area contributed by atoms with Gasteiger partial charge in [-0.25, -0.2) is 0 Å². The highest BCUT2D eigenvalue weighted by molar-refractivity contribution is 9.10. The van der Waals surface area contributed by atoms with Gasteiger partial charge in [0.25, 0.3) is 11.1 Å². The first-order valence-electron chi connectivity index (χ1n) is 10.5. The molecule has 0 unspecified atom stereocenters. The van der Waals surface area contributed by atoms with Crippen LogP contribution in [0.15, 0.2) is 45.8 Å². The molecule has 1 saturated heterocycles. The first kappa shape index (κ1) is 25.6. The minimum atomic E-state index is -0.533. The topological polar surface area (TPSA) is 94.2 Å². The lowest BCUT2D eigenvalue weighted by Gasteiger charge is -2.16. The molecule has 0 atom stereocenters. The number of methoxy groups -OCH3 is 1. The summed E-state index contributed by atoms with van der Waals surface area (Å²) < 4.78 is 17.2. The SMILES string of the molecule is CCOc1ccc(NC(=O)CN2C(=O)S/C(=C/c3cc(Br)c(OC(C)C)c(OC)c3)C2=O)cc1. The lowest BCUT2D eigenvalue weighted by atomic mass is 10.1. The number of ether oxygens (including phenoxy) is 3. The minimum Gasteiger partial charge on any atom is -0.494 e. The Labute approximate surface area is 210 Å². The van der Waals surface area contributed by atoms with Crippen LogP contribution in [-0.4, -0.2) is 48.3 Å². The second-order valence-electron chi connectivity index (χ2n) is 7.47. The number of hydrogen-bond acceptors (Lipinski definition) is 7. The second kappa shape index (κ2) is 11.4. The highest BCUT2D eigenvalue weighted by atomic mass is 79.9. The van der Waals surface area contributed by atoms with Gasteiger partial charge in [0.15, 0.2) is 11.5 Å². The number of hydrogen-bond donors (Lipinski definition) is 1. The number of nitrogens with one attached hydrogen (secondary N) is 1. The molecule has 0 bridgehead atoms. The van der Waals surface area contributed by atoms with Crippen LogP contribution in [-0.2, 0) is 9.59 Å². The van der Waals surface area contributed by atoms with Crippen LogP contribution in [0, 0.1) is 0 Å². The molecule has 0 saturated carbocycles. The van der Waals surface area contributed by atoms with Crippen molar-refractivity contribution >= 4 is 56.5 Å². The van der Waals surface area contributed by atoms with Crippen molar-refractivity contribution in [3.63, 3.8) is 0 Å². The first-order valence-corrected chi connectivity index (χ1v) is 12.1. The number of carbonyl (C=O) groups excluding carboxylic acids is 3. The Morgan fingerprint density at radius 2 is 1.91 bits per heavy atom. The second-order valence-corrected chi connectivity index (χ2v) is 9.32. The molecule has 2 aromatic carbocycles. The zero-order valence-electron chi connectivity index (χ0n) is 19.2. The predicted molar refractivity (Wildman–Crippen MR) is 135 cm³/mol. The summed E-state index contributed by atoms with van der Waals surface area (Å²) in [6.45, 7) is 5.84. The zero-order chi connectivity index (χ0) is 24.8. The highest BCUT2D eigenvalue weighted by Gasteiger charge is 2.36. The molecule has 1 heterocycles. The van der Waals surface area contributed by atoms with E-state index in [1.165, 1.54) is 7.11 Å². The summed E-state index contributed by atoms with van der Waals surface area (Å²) in [4.78, 5) is 38.8. The molecular weight excluding hydrogens is 524 g/mol. The number of halogens is 1. The van der Waals surface area contributed by atoms with Crippen LogP contribution >= 0.6 is 27.7 Å². The minimum absolute atomic E-state index is 0.0543. The van der Waals surface area contributed by atoms with E-state index in [2.05, 4.69) is 21.2 Å². The third-order valence-corrected chi connectivity index (χ3v) is 6.02. The van der Waals surface area contributed by atoms with Gasteiger partial charge in [-0.05, 0) is 96.5 Å². The first-order chi connectivity index (χ1) is 16.2. The molecule has 34 heavy (non-hydrogen) atoms. The predicted octanol–water partition coefficient (Wildman–Crippen LogP) is 5.32. The summed E-state index contributed by atoms with van der Waals surface area (Å²) in [5, 5.41) is 2.17. The Kier molecular flexibility index (Phi) is 8.62. The molecule has 1 fully saturated rings. The van der Waals surface area contributed by atoms with E-state index in [0.717, 1.165) is 16.7 Å². The van der Waals surface area contributed by atoms with Gasteiger partial charge in [0.2, 0.25) is 5.91 Å². The van der Waals surface area contributed by atoms with Crippen LogP contribution < -0.4 is 19.5 Å². The van der Waals surface area contributed by atoms with Gasteiger partial charge < -0.3 is 19.5 Å². The van der Waals surface area contributed by atoms with Gasteiger partial charge in [-0.3, -0.25) is 19.3 Å². The Morgan fingerprint density at radius 1 is 1.21 bits per heavy atom. The van der Waals surface area contributed by atoms with Crippen molar-refractivity contribution < 1.29 is 28.6 Å². The molecule has 0 aromatic heterocycles. The third-order valence-electron chi connectivity index (χ3n) is 4.53. The summed E-state index contributed by atoms with van der Waals surface area (Å²) in [5.74, 6) is 0.711. The van der Waals surface area contributed by atoms with E-state index in [4.69, 9.17) is 14.2 Å². The van der Waals surface area contributed by atoms with E-state index >= 15 is 0 Å². The smallest absolute Gasteiger partial charge is 0.294 e. The van der Waals surface area contributed by atoms with Crippen LogP contribution in [0.1, 0.15) is 26.3 Å². The molecule has 1 aliphatic heterocycles. The van der Waals surface area contributed by atoms with Gasteiger partial charge in [-0.15, -0.1) is 0 Å². The zero-order valence-corrected chi connectivity index (χ0v) is 21.6. The van der Waals surface area contributed by atoms with Gasteiger partial charge in [0.1, 0.15) is 12.3 Å². The molecule has 2 aromatic rings. The van der Waals surface area contributed by atoms with E-state index < -0.39 is 17.1 Å². The molecule has 8 nitrogen and oxygen atoms in total. The number of benzene rings is 2. The summed E-state index contributed by atoms with van der Waals surface area (Å²) in [6.07, 6.45) is 1.53. The molecule has 1 N–H and O–H groups in total. The van der Waals surface area contributed by atoms with E-state index in [9.17, 15) is 14.4 Å². The third kappa shape index (κ3) is 6.32. The fourth-order valence-electron chi connectivity index (χ4n) is 3.11. The highest BCUT2D eigenvalue weighted by Crippen LogP contribution is 2.39. The van der Waals surface area contributed by atoms with Crippen molar-refractivity contribution in [2.75, 3.05) is 25.6 Å². The van der Waals surface area contributed by atoms with Crippen LogP contribution in [0.25, 0.3) is 6.08 Å². The molecule has 0 radical (unpaired) electrons. The average molecular weight is 549 g/mol. The number of amides is 3. The fraction of sp³-hybridized carbons (Fsp3) is 0.292. The summed E-state index contributed by atoms with van der Waals surface area (Å²) in [7, 11) is 1.52. The number of nitrogens with zero attached hydrogens (tertiary/aromatic N) is 1. The van der Waals surface area contributed by atoms with E-state index in [-0.39, 0.29) is 17.6 Å². The normalized spacial score (nSPS) is 14.6. The van der Waals surface area contributed by atoms with E-state index in [0.29, 0.717) is 39.6 Å². The van der Waals surface area contributed by atoms with Crippen molar-refractivity contribution in [2.45, 2.75) is 26.9 Å². The standard InChI is InChI=1S/C24H25BrN2O6S/c1-5-32-17-8-6-16(7-9-17)26-21(28)13-27-23(29)20(34-24(27)30)12-15-10-18(25)22(33-14(2)3)19(11-15)31-4/h6-12,14H,5,13H2,1-4H3,(H,26,28)/b20-12+. The summed E-state index contributed by atoms with van der Waals surface area (Å²) in [6, 6.07) is 10.3. The Balaban J connectivity index is 1.71. The van der Waals surface area contributed by atoms with E-state index in [1.807, 2.05) is 20.8 Å². The van der Waals surface area contributed by atoms with Gasteiger partial charge >= 0.3 is 0 Å². The maximum Gasteiger partial charge on any atom is 0.294 e. The maximum atomic E-state index is 12.8. The van der Waals surface area contributed by atoms with Gasteiger partial charge in [-0.1, -0.05) is 0 Å². The van der Waals surface area contributed by atoms with Crippen molar-refractivity contribution in [3.05, 3.63) is 51.3 Å². The van der Waals surface area contributed by atoms with Crippen LogP contribution in [0.3, 0.4) is 0 Å². The quantitative estimate of drug-likeness (QED) is 0.424. The number of thioether (sulfide) groups is 1. The molecular formula is C24H25BrN2O6S. The monoisotopic (exact) mass is 548 g/mol. The van der Waals surface area contributed by atoms with Crippen molar-refractivity contribution in [2.24, 2.45) is 0 Å². The summed E-state index contributed by atoms with van der Waals surface area (Å²) in [5.41, 5.74) is 1.18. The molecule has 3 amide bonds. The maximum absolute atomic E-state index is 12.8. The van der Waals surface area contributed by atoms with Crippen molar-refractivity contribution in [3.8, 4) is 17.2 Å². The van der Waals surface area contributed by atoms with Crippen LogP contribution in [0.2, 0.25) is 0 Å². The number of rotatable bonds is 9. The molecule has 180 valence electrons. The number of imide groups is 1. The lowest BCUT2D eigenvalue weighted by molar-refractivity contribution is -0.127. The molecule has 10 heteroatoms. The number of carbonyl (C=O) groups is 3. The molecule has 3 rings (SSSR count). The molecule has 0 spiro atoms. The van der Waals surface area contributed by atoms with Crippen molar-refractivity contribution in [1.29, 1.82) is 0 Å². The van der Waals surface area contributed by atoms with Gasteiger partial charge in [0.05, 0.1) is 29.2 Å². The fourth-order valence-corrected chi connectivity index (χ4v) is 4.50. The molecule has 0 aliphatic carbocycles. The largest absolute Gasteiger partial charge is 0.494 e. The van der Waals surface area contributed by atoms with Crippen molar-refractivity contribution in [1.82, 2.24) is 4.90 Å². The number of anilines is 1. The van der Waals surface area contributed by atoms with Crippen LogP contribution in [0.5, 0.6) is 17.2 Å². The van der Waals surface area contributed by atoms with E-state index in [1.54, 1.807) is 42.5 Å². The summed E-state index contributed by atoms with van der Waals surface area (Å²) >= 11 is 4.25. The van der Waals surface area contributed by atoms with Gasteiger partial charge in [0, 0.05) is 5.69 Å². The lowest BCUT2D eigenvalue weighted by Crippen LogP contribution is -2.36.